The second-order valence-corrected chi connectivity index (χ2v) is 7.94. The first-order valence-electron chi connectivity index (χ1n) is 6.33. The highest BCUT2D eigenvalue weighted by molar-refractivity contribution is 9.10. The molecule has 0 radical (unpaired) electrons. The molecule has 19 heavy (non-hydrogen) atoms. The summed E-state index contributed by atoms with van der Waals surface area (Å²) < 4.78 is 19.3. The summed E-state index contributed by atoms with van der Waals surface area (Å²) in [4.78, 5) is 0.147. The molecule has 1 aromatic rings. The van der Waals surface area contributed by atoms with Crippen molar-refractivity contribution in [2.75, 3.05) is 7.11 Å². The van der Waals surface area contributed by atoms with E-state index in [1.165, 1.54) is 6.07 Å². The highest BCUT2D eigenvalue weighted by atomic mass is 79.9. The molecule has 0 aliphatic rings. The highest BCUT2D eigenvalue weighted by Crippen LogP contribution is 2.41. The first-order chi connectivity index (χ1) is 8.66. The zero-order valence-corrected chi connectivity index (χ0v) is 15.2. The van der Waals surface area contributed by atoms with Crippen molar-refractivity contribution < 1.29 is 9.13 Å². The van der Waals surface area contributed by atoms with Gasteiger partial charge in [-0.3, -0.25) is 0 Å². The summed E-state index contributed by atoms with van der Waals surface area (Å²) in [6.45, 7) is 8.93. The van der Waals surface area contributed by atoms with Crippen LogP contribution in [0.25, 0.3) is 0 Å². The van der Waals surface area contributed by atoms with E-state index in [2.05, 4.69) is 59.6 Å². The minimum atomic E-state index is -0.302. The van der Waals surface area contributed by atoms with Gasteiger partial charge in [0, 0.05) is 16.5 Å². The van der Waals surface area contributed by atoms with Gasteiger partial charge in [-0.25, -0.2) is 4.39 Å². The maximum absolute atomic E-state index is 13.5. The smallest absolute Gasteiger partial charge is 0.141 e. The summed E-state index contributed by atoms with van der Waals surface area (Å²) in [5, 5.41) is 0. The van der Waals surface area contributed by atoms with Crippen molar-refractivity contribution in [2.45, 2.75) is 38.9 Å². The van der Waals surface area contributed by atoms with Crippen LogP contribution in [0, 0.1) is 17.2 Å². The Morgan fingerprint density at radius 1 is 1.32 bits per heavy atom. The maximum atomic E-state index is 13.5. The normalized spacial score (nSPS) is 15.2. The second-order valence-electron chi connectivity index (χ2n) is 5.98. The summed E-state index contributed by atoms with van der Waals surface area (Å²) >= 11 is 6.94. The number of benzene rings is 1. The standard InChI is InChI=1S/C15H21Br2FO/c1-9(15(2,3)4)6-11(16)10-7-12(17)13(18)8-14(10)19-5/h7-9,11H,6H2,1-5H3. The van der Waals surface area contributed by atoms with Crippen molar-refractivity contribution in [3.63, 3.8) is 0 Å². The van der Waals surface area contributed by atoms with E-state index < -0.39 is 0 Å². The van der Waals surface area contributed by atoms with Crippen LogP contribution in [0.5, 0.6) is 5.75 Å². The molecule has 0 bridgehead atoms. The zero-order chi connectivity index (χ0) is 14.8. The van der Waals surface area contributed by atoms with Crippen LogP contribution >= 0.6 is 31.9 Å². The Morgan fingerprint density at radius 3 is 2.37 bits per heavy atom. The molecule has 0 amide bonds. The van der Waals surface area contributed by atoms with E-state index in [0.29, 0.717) is 16.1 Å². The lowest BCUT2D eigenvalue weighted by Gasteiger charge is -2.29. The first-order valence-corrected chi connectivity index (χ1v) is 8.04. The molecule has 0 aromatic heterocycles. The van der Waals surface area contributed by atoms with Crippen molar-refractivity contribution in [1.29, 1.82) is 0 Å². The van der Waals surface area contributed by atoms with Gasteiger partial charge in [0.05, 0.1) is 11.6 Å². The third-order valence-electron chi connectivity index (χ3n) is 3.65. The predicted molar refractivity (Wildman–Crippen MR) is 85.6 cm³/mol. The van der Waals surface area contributed by atoms with Crippen LogP contribution in [0.4, 0.5) is 4.39 Å². The van der Waals surface area contributed by atoms with Crippen LogP contribution in [-0.4, -0.2) is 7.11 Å². The fourth-order valence-electron chi connectivity index (χ4n) is 1.76. The molecule has 0 aliphatic heterocycles. The third kappa shape index (κ3) is 4.45. The van der Waals surface area contributed by atoms with Gasteiger partial charge in [0.1, 0.15) is 11.6 Å². The first kappa shape index (κ1) is 17.0. The Bertz CT molecular complexity index is 441. The predicted octanol–water partition coefficient (Wildman–Crippen LogP) is 6.11. The van der Waals surface area contributed by atoms with Crippen LogP contribution < -0.4 is 4.74 Å². The molecule has 2 unspecified atom stereocenters. The molecular weight excluding hydrogens is 375 g/mol. The molecule has 1 rings (SSSR count). The number of hydrogen-bond acceptors (Lipinski definition) is 1. The number of alkyl halides is 1. The van der Waals surface area contributed by atoms with Crippen LogP contribution in [0.3, 0.4) is 0 Å². The van der Waals surface area contributed by atoms with Gasteiger partial charge in [-0.2, -0.15) is 0 Å². The van der Waals surface area contributed by atoms with Crippen LogP contribution in [0.1, 0.15) is 44.5 Å². The topological polar surface area (TPSA) is 9.23 Å². The largest absolute Gasteiger partial charge is 0.496 e. The molecule has 2 atom stereocenters. The quantitative estimate of drug-likeness (QED) is 0.559. The van der Waals surface area contributed by atoms with Crippen LogP contribution in [0.2, 0.25) is 0 Å². The van der Waals surface area contributed by atoms with Gasteiger partial charge in [-0.05, 0) is 39.8 Å². The molecule has 0 N–H and O–H groups in total. The van der Waals surface area contributed by atoms with E-state index in [9.17, 15) is 4.39 Å². The average molecular weight is 396 g/mol. The molecule has 1 aromatic carbocycles. The minimum Gasteiger partial charge on any atom is -0.496 e. The Balaban J connectivity index is 2.99. The monoisotopic (exact) mass is 394 g/mol. The van der Waals surface area contributed by atoms with Gasteiger partial charge in [0.15, 0.2) is 0 Å². The number of hydrogen-bond donors (Lipinski definition) is 0. The lowest BCUT2D eigenvalue weighted by atomic mass is 9.79. The van der Waals surface area contributed by atoms with Gasteiger partial charge < -0.3 is 4.74 Å². The lowest BCUT2D eigenvalue weighted by molar-refractivity contribution is 0.246. The number of halogens is 3. The van der Waals surface area contributed by atoms with Crippen molar-refractivity contribution in [2.24, 2.45) is 11.3 Å². The van der Waals surface area contributed by atoms with Gasteiger partial charge in [-0.1, -0.05) is 43.6 Å². The molecule has 0 saturated carbocycles. The molecule has 108 valence electrons. The van der Waals surface area contributed by atoms with E-state index in [1.54, 1.807) is 13.2 Å². The highest BCUT2D eigenvalue weighted by Gasteiger charge is 2.25. The molecule has 0 heterocycles. The van der Waals surface area contributed by atoms with Crippen molar-refractivity contribution in [1.82, 2.24) is 0 Å². The minimum absolute atomic E-state index is 0.147. The number of rotatable bonds is 4. The molecule has 4 heteroatoms. The maximum Gasteiger partial charge on any atom is 0.141 e. The van der Waals surface area contributed by atoms with Crippen LogP contribution in [-0.2, 0) is 0 Å². The summed E-state index contributed by atoms with van der Waals surface area (Å²) in [6, 6.07) is 3.22. The van der Waals surface area contributed by atoms with E-state index >= 15 is 0 Å². The van der Waals surface area contributed by atoms with Gasteiger partial charge >= 0.3 is 0 Å². The third-order valence-corrected chi connectivity index (χ3v) is 5.12. The molecule has 0 saturated heterocycles. The van der Waals surface area contributed by atoms with E-state index in [0.717, 1.165) is 12.0 Å². The summed E-state index contributed by atoms with van der Waals surface area (Å²) in [5.41, 5.74) is 1.23. The molecular formula is C15H21Br2FO. The SMILES string of the molecule is COc1cc(F)c(Br)cc1C(Br)CC(C)C(C)(C)C. The van der Waals surface area contributed by atoms with E-state index in [4.69, 9.17) is 4.74 Å². The van der Waals surface area contributed by atoms with Gasteiger partial charge in [0.25, 0.3) is 0 Å². The zero-order valence-electron chi connectivity index (χ0n) is 12.1. The Morgan fingerprint density at radius 2 is 1.89 bits per heavy atom. The van der Waals surface area contributed by atoms with Crippen molar-refractivity contribution in [3.05, 3.63) is 28.0 Å². The summed E-state index contributed by atoms with van der Waals surface area (Å²) in [5.74, 6) is 0.818. The Hall–Kier alpha value is -0.0900. The Labute approximate surface area is 132 Å². The number of methoxy groups -OCH3 is 1. The van der Waals surface area contributed by atoms with Gasteiger partial charge in [-0.15, -0.1) is 0 Å². The fourth-order valence-corrected chi connectivity index (χ4v) is 3.04. The second kappa shape index (κ2) is 6.57. The number of ether oxygens (including phenoxy) is 1. The van der Waals surface area contributed by atoms with E-state index in [-0.39, 0.29) is 16.1 Å². The molecule has 0 aliphatic carbocycles. The fraction of sp³-hybridized carbons (Fsp3) is 0.600. The van der Waals surface area contributed by atoms with Crippen molar-refractivity contribution >= 4 is 31.9 Å². The summed E-state index contributed by atoms with van der Waals surface area (Å²) in [6.07, 6.45) is 0.970. The van der Waals surface area contributed by atoms with E-state index in [1.807, 2.05) is 0 Å². The van der Waals surface area contributed by atoms with Crippen molar-refractivity contribution in [3.8, 4) is 5.75 Å². The molecule has 1 nitrogen and oxygen atoms in total. The summed E-state index contributed by atoms with van der Waals surface area (Å²) in [7, 11) is 1.57. The van der Waals surface area contributed by atoms with Crippen LogP contribution in [0.15, 0.2) is 16.6 Å². The van der Waals surface area contributed by atoms with Gasteiger partial charge in [0.2, 0.25) is 0 Å². The average Bonchev–Trinajstić information content (AvgIpc) is 2.30. The molecule has 0 spiro atoms. The Kier molecular flexibility index (Phi) is 5.87. The molecule has 0 fully saturated rings. The lowest BCUT2D eigenvalue weighted by Crippen LogP contribution is -2.18.